The van der Waals surface area contributed by atoms with E-state index in [9.17, 15) is 19.8 Å². The maximum atomic E-state index is 11.8. The molecule has 1 aromatic heterocycles. The molecule has 2 unspecified atom stereocenters. The highest BCUT2D eigenvalue weighted by Gasteiger charge is 2.36. The quantitative estimate of drug-likeness (QED) is 0.695. The molecule has 0 bridgehead atoms. The summed E-state index contributed by atoms with van der Waals surface area (Å²) in [5.74, 6) is -0.547. The molecule has 0 radical (unpaired) electrons. The van der Waals surface area contributed by atoms with E-state index in [1.165, 1.54) is 0 Å². The van der Waals surface area contributed by atoms with Gasteiger partial charge in [0.25, 0.3) is 0 Å². The van der Waals surface area contributed by atoms with Gasteiger partial charge in [0, 0.05) is 30.8 Å². The number of aromatic carboxylic acids is 1. The van der Waals surface area contributed by atoms with Crippen LogP contribution in [0.1, 0.15) is 65.7 Å². The highest BCUT2D eigenvalue weighted by Crippen LogP contribution is 2.43. The van der Waals surface area contributed by atoms with E-state index in [1.54, 1.807) is 12.4 Å². The molecule has 2 aliphatic heterocycles. The zero-order valence-electron chi connectivity index (χ0n) is 19.1. The van der Waals surface area contributed by atoms with E-state index in [0.29, 0.717) is 36.8 Å². The van der Waals surface area contributed by atoms with Crippen LogP contribution in [-0.2, 0) is 22.4 Å². The van der Waals surface area contributed by atoms with Crippen LogP contribution in [0.3, 0.4) is 0 Å². The molecule has 0 amide bonds. The van der Waals surface area contributed by atoms with Crippen LogP contribution in [0.5, 0.6) is 5.75 Å². The molecule has 7 heteroatoms. The van der Waals surface area contributed by atoms with Gasteiger partial charge in [-0.15, -0.1) is 0 Å². The molecule has 0 spiro atoms. The lowest BCUT2D eigenvalue weighted by atomic mass is 9.87. The van der Waals surface area contributed by atoms with Crippen molar-refractivity contribution in [2.24, 2.45) is 0 Å². The lowest BCUT2D eigenvalue weighted by molar-refractivity contribution is -0.160. The number of aliphatic hydroxyl groups excluding tert-OH is 1. The first-order valence-corrected chi connectivity index (χ1v) is 10.9. The number of esters is 1. The first-order valence-electron chi connectivity index (χ1n) is 10.9. The molecule has 7 nitrogen and oxygen atoms in total. The maximum Gasteiger partial charge on any atom is 0.336 e. The Morgan fingerprint density at radius 2 is 1.88 bits per heavy atom. The molecular formula is C25H31NO6. The summed E-state index contributed by atoms with van der Waals surface area (Å²) in [6.07, 6.45) is 4.66. The van der Waals surface area contributed by atoms with Crippen LogP contribution in [0, 0.1) is 13.8 Å². The fourth-order valence-corrected chi connectivity index (χ4v) is 4.46. The molecular weight excluding hydrogens is 410 g/mol. The standard InChI is InChI=1S/C20H26O6.C5H5N/c1-10-14(6-5-13-7-12(21)8-16(22)25-13)18-15(9-20(3,4)26-18)11(2)17(10)19(23)24;1-2-4-6-5-3-1/h12-13,21H,5-9H2,1-4H3,(H,23,24);1-5H. The summed E-state index contributed by atoms with van der Waals surface area (Å²) in [5, 5.41) is 19.5. The third kappa shape index (κ3) is 5.46. The molecule has 2 N–H and O–H groups in total. The Labute approximate surface area is 188 Å². The second-order valence-electron chi connectivity index (χ2n) is 9.02. The van der Waals surface area contributed by atoms with Gasteiger partial charge >= 0.3 is 11.9 Å². The van der Waals surface area contributed by atoms with E-state index in [-0.39, 0.29) is 24.1 Å². The number of carboxylic acids is 1. The number of aliphatic hydroxyl groups is 1. The van der Waals surface area contributed by atoms with Crippen molar-refractivity contribution in [1.29, 1.82) is 0 Å². The smallest absolute Gasteiger partial charge is 0.336 e. The summed E-state index contributed by atoms with van der Waals surface area (Å²) >= 11 is 0. The van der Waals surface area contributed by atoms with Crippen molar-refractivity contribution in [2.45, 2.75) is 77.6 Å². The number of fused-ring (bicyclic) bond motifs is 1. The molecule has 1 aromatic carbocycles. The fraction of sp³-hybridized carbons (Fsp3) is 0.480. The maximum absolute atomic E-state index is 11.8. The SMILES string of the molecule is Cc1c(CCC2CC(O)CC(=O)O2)c2c(c(C)c1C(=O)O)CC(C)(C)O2.c1ccncc1. The van der Waals surface area contributed by atoms with E-state index >= 15 is 0 Å². The first-order chi connectivity index (χ1) is 15.1. The molecule has 2 aliphatic rings. The number of rotatable bonds is 4. The van der Waals surface area contributed by atoms with Gasteiger partial charge < -0.3 is 19.7 Å². The largest absolute Gasteiger partial charge is 0.487 e. The highest BCUT2D eigenvalue weighted by molar-refractivity contribution is 5.93. The number of cyclic esters (lactones) is 1. The number of carboxylic acid groups (broad SMARTS) is 1. The number of hydrogen-bond donors (Lipinski definition) is 2. The number of aromatic nitrogens is 1. The van der Waals surface area contributed by atoms with Crippen molar-refractivity contribution < 1.29 is 29.3 Å². The topological polar surface area (TPSA) is 106 Å². The van der Waals surface area contributed by atoms with E-state index in [0.717, 1.165) is 22.4 Å². The van der Waals surface area contributed by atoms with E-state index in [2.05, 4.69) is 4.98 Å². The van der Waals surface area contributed by atoms with Gasteiger partial charge in [-0.2, -0.15) is 0 Å². The van der Waals surface area contributed by atoms with E-state index in [4.69, 9.17) is 9.47 Å². The monoisotopic (exact) mass is 441 g/mol. The molecule has 1 saturated heterocycles. The van der Waals surface area contributed by atoms with Crippen molar-refractivity contribution in [2.75, 3.05) is 0 Å². The van der Waals surface area contributed by atoms with Crippen LogP contribution in [-0.4, -0.2) is 44.9 Å². The molecule has 4 rings (SSSR count). The third-order valence-corrected chi connectivity index (χ3v) is 5.92. The average molecular weight is 442 g/mol. The van der Waals surface area contributed by atoms with Crippen LogP contribution in [0.15, 0.2) is 30.6 Å². The highest BCUT2D eigenvalue weighted by atomic mass is 16.5. The van der Waals surface area contributed by atoms with Crippen LogP contribution in [0.4, 0.5) is 0 Å². The minimum absolute atomic E-state index is 0.0376. The summed E-state index contributed by atoms with van der Waals surface area (Å²) in [7, 11) is 0. The number of nitrogens with zero attached hydrogens (tertiary/aromatic N) is 1. The number of carbonyl (C=O) groups is 2. The lowest BCUT2D eigenvalue weighted by Crippen LogP contribution is -2.32. The summed E-state index contributed by atoms with van der Waals surface area (Å²) in [4.78, 5) is 27.1. The minimum atomic E-state index is -0.937. The molecule has 2 atom stereocenters. The normalized spacial score (nSPS) is 21.0. The van der Waals surface area contributed by atoms with E-state index in [1.807, 2.05) is 45.9 Å². The summed E-state index contributed by atoms with van der Waals surface area (Å²) < 4.78 is 11.5. The van der Waals surface area contributed by atoms with Crippen molar-refractivity contribution >= 4 is 11.9 Å². The van der Waals surface area contributed by atoms with Gasteiger partial charge in [0.2, 0.25) is 0 Å². The predicted octanol–water partition coefficient (Wildman–Crippen LogP) is 3.80. The summed E-state index contributed by atoms with van der Waals surface area (Å²) in [6, 6.07) is 5.72. The molecule has 172 valence electrons. The zero-order valence-corrected chi connectivity index (χ0v) is 19.1. The predicted molar refractivity (Wildman–Crippen MR) is 119 cm³/mol. The Hall–Kier alpha value is -2.93. The van der Waals surface area contributed by atoms with Crippen LogP contribution in [0.2, 0.25) is 0 Å². The second kappa shape index (κ2) is 9.69. The number of hydrogen-bond acceptors (Lipinski definition) is 6. The second-order valence-corrected chi connectivity index (χ2v) is 9.02. The van der Waals surface area contributed by atoms with Gasteiger partial charge in [0.15, 0.2) is 0 Å². The van der Waals surface area contributed by atoms with Gasteiger partial charge in [-0.25, -0.2) is 4.79 Å². The fourth-order valence-electron chi connectivity index (χ4n) is 4.46. The van der Waals surface area contributed by atoms with Gasteiger partial charge in [-0.3, -0.25) is 9.78 Å². The summed E-state index contributed by atoms with van der Waals surface area (Å²) in [5.41, 5.74) is 3.24. The van der Waals surface area contributed by atoms with Crippen LogP contribution < -0.4 is 4.74 Å². The van der Waals surface area contributed by atoms with Crippen LogP contribution in [0.25, 0.3) is 0 Å². The molecule has 3 heterocycles. The third-order valence-electron chi connectivity index (χ3n) is 5.92. The molecule has 1 fully saturated rings. The minimum Gasteiger partial charge on any atom is -0.487 e. The van der Waals surface area contributed by atoms with E-state index < -0.39 is 12.1 Å². The molecule has 32 heavy (non-hydrogen) atoms. The Morgan fingerprint density at radius 1 is 1.19 bits per heavy atom. The van der Waals surface area contributed by atoms with Crippen molar-refractivity contribution in [3.8, 4) is 5.75 Å². The lowest BCUT2D eigenvalue weighted by Gasteiger charge is -2.26. The van der Waals surface area contributed by atoms with Crippen molar-refractivity contribution in [3.63, 3.8) is 0 Å². The molecule has 0 saturated carbocycles. The molecule has 2 aromatic rings. The Balaban J connectivity index is 0.000000416. The van der Waals surface area contributed by atoms with Gasteiger partial charge in [0.1, 0.15) is 17.5 Å². The summed E-state index contributed by atoms with van der Waals surface area (Å²) in [6.45, 7) is 7.63. The molecule has 0 aliphatic carbocycles. The van der Waals surface area contributed by atoms with Gasteiger partial charge in [-0.1, -0.05) is 6.07 Å². The van der Waals surface area contributed by atoms with Crippen molar-refractivity contribution in [3.05, 3.63) is 58.4 Å². The zero-order chi connectivity index (χ0) is 23.5. The Bertz CT molecular complexity index is 959. The Morgan fingerprint density at radius 3 is 2.41 bits per heavy atom. The number of carbonyl (C=O) groups excluding carboxylic acids is 1. The first kappa shape index (κ1) is 23.7. The number of pyridine rings is 1. The number of benzene rings is 1. The van der Waals surface area contributed by atoms with Gasteiger partial charge in [-0.05, 0) is 69.4 Å². The van der Waals surface area contributed by atoms with Crippen molar-refractivity contribution in [1.82, 2.24) is 4.98 Å². The van der Waals surface area contributed by atoms with Gasteiger partial charge in [0.05, 0.1) is 18.1 Å². The number of ether oxygens (including phenoxy) is 2. The average Bonchev–Trinajstić information content (AvgIpc) is 3.04. The Kier molecular flexibility index (Phi) is 7.19. The van der Waals surface area contributed by atoms with Crippen LogP contribution >= 0.6 is 0 Å².